The van der Waals surface area contributed by atoms with Crippen LogP contribution in [-0.2, 0) is 11.2 Å². The normalized spacial score (nSPS) is 14.9. The lowest BCUT2D eigenvalue weighted by Crippen LogP contribution is -2.32. The number of ether oxygens (including phenoxy) is 1. The number of hydrogen-bond acceptors (Lipinski definition) is 4. The Balaban J connectivity index is 1.33. The molecule has 2 amide bonds. The van der Waals surface area contributed by atoms with Crippen molar-refractivity contribution in [2.24, 2.45) is 0 Å². The number of rotatable bonds is 6. The minimum Gasteiger partial charge on any atom is -0.497 e. The van der Waals surface area contributed by atoms with E-state index in [0.29, 0.717) is 12.8 Å². The lowest BCUT2D eigenvalue weighted by Gasteiger charge is -2.23. The number of amides is 2. The van der Waals surface area contributed by atoms with Crippen molar-refractivity contribution in [2.75, 3.05) is 17.3 Å². The molecule has 1 fully saturated rings. The number of nitrogens with zero attached hydrogens (tertiary/aromatic N) is 1. The highest BCUT2D eigenvalue weighted by Gasteiger charge is 2.38. The third-order valence-corrected chi connectivity index (χ3v) is 6.89. The predicted octanol–water partition coefficient (Wildman–Crippen LogP) is 5.54. The predicted molar refractivity (Wildman–Crippen MR) is 127 cm³/mol. The first-order chi connectivity index (χ1) is 15.6. The molecule has 3 aromatic carbocycles. The summed E-state index contributed by atoms with van der Waals surface area (Å²) in [4.78, 5) is 29.7. The number of hydrogen-bond donors (Lipinski definition) is 1. The summed E-state index contributed by atoms with van der Waals surface area (Å²) in [6.07, 6.45) is 3.11. The van der Waals surface area contributed by atoms with Crippen LogP contribution in [0, 0.1) is 0 Å². The molecule has 0 radical (unpaired) electrons. The summed E-state index contributed by atoms with van der Waals surface area (Å²) < 4.78 is 5.18. The van der Waals surface area contributed by atoms with Crippen LogP contribution in [0.2, 0.25) is 0 Å². The van der Waals surface area contributed by atoms with E-state index in [0.717, 1.165) is 50.9 Å². The Morgan fingerprint density at radius 2 is 1.84 bits per heavy atom. The number of benzene rings is 3. The Bertz CT molecular complexity index is 1170. The molecule has 0 aromatic heterocycles. The van der Waals surface area contributed by atoms with Gasteiger partial charge < -0.3 is 15.0 Å². The van der Waals surface area contributed by atoms with E-state index in [-0.39, 0.29) is 17.9 Å². The maximum absolute atomic E-state index is 13.2. The minimum absolute atomic E-state index is 0.0325. The van der Waals surface area contributed by atoms with Crippen LogP contribution in [0.5, 0.6) is 5.75 Å². The summed E-state index contributed by atoms with van der Waals surface area (Å²) in [6.45, 7) is 0. The van der Waals surface area contributed by atoms with Crippen LogP contribution in [0.15, 0.2) is 76.5 Å². The number of nitrogens with one attached hydrogen (secondary N) is 1. The van der Waals surface area contributed by atoms with Crippen molar-refractivity contribution in [1.29, 1.82) is 0 Å². The average Bonchev–Trinajstić information content (AvgIpc) is 3.65. The Hall–Kier alpha value is -3.25. The maximum Gasteiger partial charge on any atom is 0.259 e. The van der Waals surface area contributed by atoms with Crippen LogP contribution in [0.1, 0.15) is 35.2 Å². The summed E-state index contributed by atoms with van der Waals surface area (Å²) >= 11 is 1.59. The van der Waals surface area contributed by atoms with E-state index in [1.165, 1.54) is 0 Å². The largest absolute Gasteiger partial charge is 0.497 e. The second kappa shape index (κ2) is 8.71. The highest BCUT2D eigenvalue weighted by Crippen LogP contribution is 2.46. The fourth-order valence-electron chi connectivity index (χ4n) is 3.93. The fourth-order valence-corrected chi connectivity index (χ4v) is 5.04. The van der Waals surface area contributed by atoms with Crippen molar-refractivity contribution in [1.82, 2.24) is 0 Å². The maximum atomic E-state index is 13.2. The molecule has 5 rings (SSSR count). The van der Waals surface area contributed by atoms with E-state index < -0.39 is 0 Å². The molecule has 32 heavy (non-hydrogen) atoms. The zero-order valence-corrected chi connectivity index (χ0v) is 18.7. The van der Waals surface area contributed by atoms with Crippen LogP contribution < -0.4 is 15.0 Å². The highest BCUT2D eigenvalue weighted by molar-refractivity contribution is 7.99. The smallest absolute Gasteiger partial charge is 0.259 e. The first-order valence-corrected chi connectivity index (χ1v) is 11.6. The number of methoxy groups -OCH3 is 1. The van der Waals surface area contributed by atoms with E-state index in [1.807, 2.05) is 71.6 Å². The van der Waals surface area contributed by atoms with Crippen molar-refractivity contribution in [3.63, 3.8) is 0 Å². The molecule has 162 valence electrons. The molecular formula is C26H24N2O3S. The molecule has 1 aliphatic carbocycles. The van der Waals surface area contributed by atoms with Crippen molar-refractivity contribution < 1.29 is 14.3 Å². The standard InChI is InChI=1S/C26H24N2O3S/c1-31-20-12-6-17(7-13-20)8-15-25(29)27-18-9-14-22-24(16-18)32-23-5-3-2-4-21(23)26(30)28(22)19-10-11-19/h2-7,9,12-14,16,19H,8,10-11,15H2,1H3,(H,27,29). The van der Waals surface area contributed by atoms with Gasteiger partial charge in [0.1, 0.15) is 5.75 Å². The van der Waals surface area contributed by atoms with Gasteiger partial charge in [-0.05, 0) is 67.3 Å². The molecular weight excluding hydrogens is 420 g/mol. The summed E-state index contributed by atoms with van der Waals surface area (Å²) in [7, 11) is 1.64. The summed E-state index contributed by atoms with van der Waals surface area (Å²) in [5.41, 5.74) is 3.51. The summed E-state index contributed by atoms with van der Waals surface area (Å²) in [5.74, 6) is 0.835. The van der Waals surface area contributed by atoms with Crippen molar-refractivity contribution in [3.8, 4) is 5.75 Å². The van der Waals surface area contributed by atoms with Crippen molar-refractivity contribution >= 4 is 35.0 Å². The van der Waals surface area contributed by atoms with E-state index in [9.17, 15) is 9.59 Å². The van der Waals surface area contributed by atoms with E-state index in [4.69, 9.17) is 4.74 Å². The third-order valence-electron chi connectivity index (χ3n) is 5.77. The SMILES string of the molecule is COc1ccc(CCC(=O)Nc2ccc3c(c2)Sc2ccccc2C(=O)N3C2CC2)cc1. The molecule has 2 aliphatic rings. The van der Waals surface area contributed by atoms with Gasteiger partial charge in [-0.3, -0.25) is 9.59 Å². The first kappa shape index (κ1) is 20.6. The van der Waals surface area contributed by atoms with Crippen LogP contribution in [0.25, 0.3) is 0 Å². The molecule has 1 N–H and O–H groups in total. The van der Waals surface area contributed by atoms with Gasteiger partial charge in [0.2, 0.25) is 5.91 Å². The van der Waals surface area contributed by atoms with Gasteiger partial charge in [-0.2, -0.15) is 0 Å². The third kappa shape index (κ3) is 4.23. The van der Waals surface area contributed by atoms with Crippen LogP contribution in [0.4, 0.5) is 11.4 Å². The lowest BCUT2D eigenvalue weighted by atomic mass is 10.1. The topological polar surface area (TPSA) is 58.6 Å². The Morgan fingerprint density at radius 3 is 2.59 bits per heavy atom. The van der Waals surface area contributed by atoms with Gasteiger partial charge in [-0.15, -0.1) is 0 Å². The molecule has 1 saturated carbocycles. The molecule has 0 saturated heterocycles. The number of fused-ring (bicyclic) bond motifs is 2. The molecule has 0 bridgehead atoms. The molecule has 6 heteroatoms. The molecule has 1 aliphatic heterocycles. The lowest BCUT2D eigenvalue weighted by molar-refractivity contribution is -0.116. The van der Waals surface area contributed by atoms with Gasteiger partial charge in [0.05, 0.1) is 18.4 Å². The number of anilines is 2. The van der Waals surface area contributed by atoms with Crippen LogP contribution in [-0.4, -0.2) is 25.0 Å². The van der Waals surface area contributed by atoms with E-state index >= 15 is 0 Å². The number of aryl methyl sites for hydroxylation is 1. The van der Waals surface area contributed by atoms with Gasteiger partial charge in [-0.25, -0.2) is 0 Å². The molecule has 3 aromatic rings. The second-order valence-electron chi connectivity index (χ2n) is 8.08. The Labute approximate surface area is 191 Å². The van der Waals surface area contributed by atoms with Crippen LogP contribution >= 0.6 is 11.8 Å². The van der Waals surface area contributed by atoms with Gasteiger partial charge >= 0.3 is 0 Å². The van der Waals surface area contributed by atoms with Gasteiger partial charge in [0.25, 0.3) is 5.91 Å². The number of carbonyl (C=O) groups excluding carboxylic acids is 2. The Kier molecular flexibility index (Phi) is 5.62. The average molecular weight is 445 g/mol. The molecule has 1 heterocycles. The van der Waals surface area contributed by atoms with Crippen molar-refractivity contribution in [3.05, 3.63) is 77.9 Å². The van der Waals surface area contributed by atoms with Crippen LogP contribution in [0.3, 0.4) is 0 Å². The van der Waals surface area contributed by atoms with Gasteiger partial charge in [0.15, 0.2) is 0 Å². The van der Waals surface area contributed by atoms with E-state index in [2.05, 4.69) is 5.32 Å². The van der Waals surface area contributed by atoms with Gasteiger partial charge in [0, 0.05) is 27.9 Å². The second-order valence-corrected chi connectivity index (χ2v) is 9.17. The highest BCUT2D eigenvalue weighted by atomic mass is 32.2. The fraction of sp³-hybridized carbons (Fsp3) is 0.231. The first-order valence-electron chi connectivity index (χ1n) is 10.8. The summed E-state index contributed by atoms with van der Waals surface area (Å²) in [6, 6.07) is 21.6. The zero-order valence-electron chi connectivity index (χ0n) is 17.8. The molecule has 0 spiro atoms. The zero-order chi connectivity index (χ0) is 22.1. The Morgan fingerprint density at radius 1 is 1.06 bits per heavy atom. The molecule has 5 nitrogen and oxygen atoms in total. The van der Waals surface area contributed by atoms with Crippen molar-refractivity contribution in [2.45, 2.75) is 41.5 Å². The monoisotopic (exact) mass is 444 g/mol. The molecule has 0 atom stereocenters. The van der Waals surface area contributed by atoms with Gasteiger partial charge in [-0.1, -0.05) is 36.0 Å². The summed E-state index contributed by atoms with van der Waals surface area (Å²) in [5, 5.41) is 3.02. The number of carbonyl (C=O) groups is 2. The molecule has 0 unspecified atom stereocenters. The minimum atomic E-state index is -0.0325. The van der Waals surface area contributed by atoms with E-state index in [1.54, 1.807) is 18.9 Å². The quantitative estimate of drug-likeness (QED) is 0.542.